The minimum Gasteiger partial charge on any atom is -0.467 e. The highest BCUT2D eigenvalue weighted by molar-refractivity contribution is 5.97. The summed E-state index contributed by atoms with van der Waals surface area (Å²) >= 11 is 0. The molecule has 0 unspecified atom stereocenters. The van der Waals surface area contributed by atoms with E-state index in [2.05, 4.69) is 10.3 Å². The van der Waals surface area contributed by atoms with Crippen molar-refractivity contribution in [2.45, 2.75) is 12.5 Å². The van der Waals surface area contributed by atoms with Crippen LogP contribution in [0.25, 0.3) is 10.9 Å². The number of methoxy groups -OCH3 is 1. The van der Waals surface area contributed by atoms with Crippen molar-refractivity contribution >= 4 is 22.8 Å². The van der Waals surface area contributed by atoms with Crippen LogP contribution in [0.3, 0.4) is 0 Å². The van der Waals surface area contributed by atoms with Crippen LogP contribution in [0.2, 0.25) is 0 Å². The van der Waals surface area contributed by atoms with Crippen molar-refractivity contribution in [3.63, 3.8) is 0 Å². The predicted octanol–water partition coefficient (Wildman–Crippen LogP) is 2.89. The monoisotopic (exact) mass is 352 g/mol. The van der Waals surface area contributed by atoms with Crippen LogP contribution in [0.5, 0.6) is 0 Å². The fourth-order valence-electron chi connectivity index (χ4n) is 2.65. The molecule has 3 aromatic rings. The lowest BCUT2D eigenvalue weighted by Gasteiger charge is -2.16. The Morgan fingerprint density at radius 2 is 1.81 bits per heavy atom. The summed E-state index contributed by atoms with van der Waals surface area (Å²) in [7, 11) is 1.23. The molecular formula is C20H17FN2O3. The van der Waals surface area contributed by atoms with Crippen molar-refractivity contribution in [3.8, 4) is 0 Å². The van der Waals surface area contributed by atoms with Gasteiger partial charge in [0.05, 0.1) is 18.2 Å². The Balaban J connectivity index is 1.82. The third-order valence-corrected chi connectivity index (χ3v) is 3.98. The molecule has 1 atom stereocenters. The van der Waals surface area contributed by atoms with Gasteiger partial charge >= 0.3 is 5.97 Å². The molecule has 0 bridgehead atoms. The number of ether oxygens (including phenoxy) is 1. The standard InChI is InChI=1S/C20H17FN2O3/c1-26-20(25)18(23-19(24)15-7-3-4-8-16(15)21)12-14-11-10-13-6-2-5-9-17(13)22-14/h2-11,18H,12H2,1H3,(H,23,24)/t18-/m0/s1. The maximum Gasteiger partial charge on any atom is 0.328 e. The lowest BCUT2D eigenvalue weighted by atomic mass is 10.1. The second-order valence-corrected chi connectivity index (χ2v) is 5.73. The van der Waals surface area contributed by atoms with Crippen LogP contribution in [0.15, 0.2) is 60.7 Å². The Morgan fingerprint density at radius 1 is 1.08 bits per heavy atom. The van der Waals surface area contributed by atoms with Crippen LogP contribution >= 0.6 is 0 Å². The molecule has 132 valence electrons. The van der Waals surface area contributed by atoms with Crippen LogP contribution in [-0.2, 0) is 16.0 Å². The molecule has 1 aromatic heterocycles. The summed E-state index contributed by atoms with van der Waals surface area (Å²) in [5.41, 5.74) is 1.27. The van der Waals surface area contributed by atoms with E-state index in [0.717, 1.165) is 10.9 Å². The number of para-hydroxylation sites is 1. The van der Waals surface area contributed by atoms with Gasteiger partial charge in [-0.15, -0.1) is 0 Å². The largest absolute Gasteiger partial charge is 0.467 e. The third-order valence-electron chi connectivity index (χ3n) is 3.98. The molecule has 0 aliphatic carbocycles. The zero-order valence-corrected chi connectivity index (χ0v) is 14.1. The summed E-state index contributed by atoms with van der Waals surface area (Å²) in [6.45, 7) is 0. The van der Waals surface area contributed by atoms with Crippen LogP contribution in [0.1, 0.15) is 16.1 Å². The molecule has 0 aliphatic rings. The number of esters is 1. The van der Waals surface area contributed by atoms with Gasteiger partial charge < -0.3 is 10.1 Å². The van der Waals surface area contributed by atoms with Gasteiger partial charge in [0.15, 0.2) is 0 Å². The predicted molar refractivity (Wildman–Crippen MR) is 95.1 cm³/mol. The van der Waals surface area contributed by atoms with Crippen molar-refractivity contribution in [2.75, 3.05) is 7.11 Å². The van der Waals surface area contributed by atoms with Crippen LogP contribution in [-0.4, -0.2) is 30.0 Å². The normalized spacial score (nSPS) is 11.8. The van der Waals surface area contributed by atoms with E-state index < -0.39 is 23.7 Å². The fraction of sp³-hybridized carbons (Fsp3) is 0.150. The molecule has 2 aromatic carbocycles. The number of benzene rings is 2. The molecule has 1 heterocycles. The van der Waals surface area contributed by atoms with E-state index in [1.165, 1.54) is 25.3 Å². The van der Waals surface area contributed by atoms with Crippen molar-refractivity contribution in [1.29, 1.82) is 0 Å². The second kappa shape index (κ2) is 7.74. The van der Waals surface area contributed by atoms with Gasteiger partial charge in [-0.1, -0.05) is 36.4 Å². The maximum absolute atomic E-state index is 13.8. The molecule has 0 saturated heterocycles. The Morgan fingerprint density at radius 3 is 2.58 bits per heavy atom. The first-order chi connectivity index (χ1) is 12.6. The number of fused-ring (bicyclic) bond motifs is 1. The quantitative estimate of drug-likeness (QED) is 0.717. The van der Waals surface area contributed by atoms with E-state index in [0.29, 0.717) is 5.69 Å². The van der Waals surface area contributed by atoms with E-state index in [1.807, 2.05) is 30.3 Å². The summed E-state index contributed by atoms with van der Waals surface area (Å²) < 4.78 is 18.5. The minimum absolute atomic E-state index is 0.132. The van der Waals surface area contributed by atoms with E-state index in [9.17, 15) is 14.0 Å². The molecule has 0 saturated carbocycles. The second-order valence-electron chi connectivity index (χ2n) is 5.73. The molecule has 3 rings (SSSR count). The number of aromatic nitrogens is 1. The first kappa shape index (κ1) is 17.5. The van der Waals surface area contributed by atoms with Gasteiger partial charge in [0.1, 0.15) is 11.9 Å². The SMILES string of the molecule is COC(=O)[C@H](Cc1ccc2ccccc2n1)NC(=O)c1ccccc1F. The van der Waals surface area contributed by atoms with Gasteiger partial charge in [-0.3, -0.25) is 9.78 Å². The van der Waals surface area contributed by atoms with Crippen LogP contribution in [0, 0.1) is 5.82 Å². The summed E-state index contributed by atoms with van der Waals surface area (Å²) in [6.07, 6.45) is 0.137. The van der Waals surface area contributed by atoms with Gasteiger partial charge in [-0.05, 0) is 24.3 Å². The highest BCUT2D eigenvalue weighted by Crippen LogP contribution is 2.14. The van der Waals surface area contributed by atoms with E-state index in [1.54, 1.807) is 12.1 Å². The van der Waals surface area contributed by atoms with Crippen LogP contribution in [0.4, 0.5) is 4.39 Å². The summed E-state index contributed by atoms with van der Waals surface area (Å²) in [5.74, 6) is -1.96. The molecule has 0 spiro atoms. The zero-order chi connectivity index (χ0) is 18.5. The summed E-state index contributed by atoms with van der Waals surface area (Å²) in [4.78, 5) is 28.9. The first-order valence-electron chi connectivity index (χ1n) is 8.06. The number of nitrogens with zero attached hydrogens (tertiary/aromatic N) is 1. The molecule has 5 nitrogen and oxygen atoms in total. The van der Waals surface area contributed by atoms with Crippen molar-refractivity contribution in [3.05, 3.63) is 77.7 Å². The van der Waals surface area contributed by atoms with Crippen LogP contribution < -0.4 is 5.32 Å². The van der Waals surface area contributed by atoms with E-state index >= 15 is 0 Å². The van der Waals surface area contributed by atoms with Gasteiger partial charge in [0.25, 0.3) is 5.91 Å². The Bertz CT molecular complexity index is 958. The highest BCUT2D eigenvalue weighted by atomic mass is 19.1. The van der Waals surface area contributed by atoms with Gasteiger partial charge in [-0.25, -0.2) is 9.18 Å². The number of nitrogens with one attached hydrogen (secondary N) is 1. The van der Waals surface area contributed by atoms with Crippen molar-refractivity contribution in [2.24, 2.45) is 0 Å². The topological polar surface area (TPSA) is 68.3 Å². The Hall–Kier alpha value is -3.28. The molecule has 1 N–H and O–H groups in total. The summed E-state index contributed by atoms with van der Waals surface area (Å²) in [6, 6.07) is 15.9. The number of rotatable bonds is 5. The number of carbonyl (C=O) groups excluding carboxylic acids is 2. The third kappa shape index (κ3) is 3.85. The highest BCUT2D eigenvalue weighted by Gasteiger charge is 2.24. The molecule has 1 amide bonds. The van der Waals surface area contributed by atoms with Crippen molar-refractivity contribution < 1.29 is 18.7 Å². The maximum atomic E-state index is 13.8. The van der Waals surface area contributed by atoms with E-state index in [-0.39, 0.29) is 12.0 Å². The number of hydrogen-bond donors (Lipinski definition) is 1. The number of carbonyl (C=O) groups is 2. The molecule has 26 heavy (non-hydrogen) atoms. The Labute approximate surface area is 149 Å². The number of pyridine rings is 1. The number of hydrogen-bond acceptors (Lipinski definition) is 4. The smallest absolute Gasteiger partial charge is 0.328 e. The zero-order valence-electron chi connectivity index (χ0n) is 14.1. The van der Waals surface area contributed by atoms with Gasteiger partial charge in [0.2, 0.25) is 0 Å². The first-order valence-corrected chi connectivity index (χ1v) is 8.06. The average Bonchev–Trinajstić information content (AvgIpc) is 2.67. The lowest BCUT2D eigenvalue weighted by molar-refractivity contribution is -0.142. The Kier molecular flexibility index (Phi) is 5.22. The average molecular weight is 352 g/mol. The van der Waals surface area contributed by atoms with E-state index in [4.69, 9.17) is 4.74 Å². The van der Waals surface area contributed by atoms with Crippen molar-refractivity contribution in [1.82, 2.24) is 10.3 Å². The number of halogens is 1. The van der Waals surface area contributed by atoms with Gasteiger partial charge in [0, 0.05) is 17.5 Å². The fourth-order valence-corrected chi connectivity index (χ4v) is 2.65. The lowest BCUT2D eigenvalue weighted by Crippen LogP contribution is -2.43. The number of amides is 1. The molecule has 6 heteroatoms. The molecular weight excluding hydrogens is 335 g/mol. The molecule has 0 fully saturated rings. The minimum atomic E-state index is -0.972. The molecule has 0 aliphatic heterocycles. The van der Waals surface area contributed by atoms with Gasteiger partial charge in [-0.2, -0.15) is 0 Å². The molecule has 0 radical (unpaired) electrons. The summed E-state index contributed by atoms with van der Waals surface area (Å²) in [5, 5.41) is 3.50.